The van der Waals surface area contributed by atoms with Crippen LogP contribution in [0.25, 0.3) is 4.85 Å². The van der Waals surface area contributed by atoms with Crippen molar-refractivity contribution in [1.82, 2.24) is 25.0 Å². The third-order valence-electron chi connectivity index (χ3n) is 13.8. The highest BCUT2D eigenvalue weighted by Crippen LogP contribution is 2.42. The van der Waals surface area contributed by atoms with Crippen LogP contribution >= 0.6 is 0 Å². The Hall–Kier alpha value is -5.81. The summed E-state index contributed by atoms with van der Waals surface area (Å²) in [6, 6.07) is 14.7. The van der Waals surface area contributed by atoms with Crippen molar-refractivity contribution in [3.05, 3.63) is 88.4 Å². The molecule has 14 heteroatoms. The van der Waals surface area contributed by atoms with Crippen LogP contribution in [0.15, 0.2) is 54.7 Å². The standard InChI is InChI=1S/C45H51N9O5/c1-30-25-35(27-47-40(30)46-2)53-20-15-45(29-53)13-18-52(19-14-45)42(57)32-3-5-33(6-4-32)51-23-21-49(22-24-51)28-31-11-16-50(17-12-31)34-7-8-36-37(26-34)44(59)54(43(36)58)38-9-10-39(55)48-41(38)56/h3-8,25-27,31,38H,9-24,28-29H2,1H3,(H,48,55,56). The van der Waals surface area contributed by atoms with Gasteiger partial charge < -0.3 is 24.4 Å². The molecule has 0 saturated carbocycles. The predicted molar refractivity (Wildman–Crippen MR) is 223 cm³/mol. The summed E-state index contributed by atoms with van der Waals surface area (Å²) in [5.74, 6) is -0.783. The summed E-state index contributed by atoms with van der Waals surface area (Å²) in [6.45, 7) is 19.4. The first kappa shape index (κ1) is 38.7. The van der Waals surface area contributed by atoms with Gasteiger partial charge in [0.05, 0.1) is 16.8 Å². The van der Waals surface area contributed by atoms with Crippen LogP contribution < -0.4 is 20.0 Å². The van der Waals surface area contributed by atoms with Gasteiger partial charge in [0, 0.05) is 95.4 Å². The van der Waals surface area contributed by atoms with E-state index < -0.39 is 23.8 Å². The molecule has 0 aliphatic carbocycles. The van der Waals surface area contributed by atoms with E-state index in [1.807, 2.05) is 36.2 Å². The van der Waals surface area contributed by atoms with Crippen molar-refractivity contribution in [2.75, 3.05) is 86.7 Å². The van der Waals surface area contributed by atoms with Crippen molar-refractivity contribution >= 4 is 52.4 Å². The number of benzene rings is 2. The molecule has 0 radical (unpaired) electrons. The van der Waals surface area contributed by atoms with E-state index >= 15 is 0 Å². The lowest BCUT2D eigenvalue weighted by Gasteiger charge is -2.40. The summed E-state index contributed by atoms with van der Waals surface area (Å²) in [4.78, 5) is 84.7. The van der Waals surface area contributed by atoms with Gasteiger partial charge in [-0.2, -0.15) is 0 Å². The fourth-order valence-electron chi connectivity index (χ4n) is 10.2. The highest BCUT2D eigenvalue weighted by molar-refractivity contribution is 6.23. The summed E-state index contributed by atoms with van der Waals surface area (Å²) in [6.07, 6.45) is 7.25. The maximum Gasteiger partial charge on any atom is 0.272 e. The molecule has 1 N–H and O–H groups in total. The number of rotatable bonds is 7. The average molecular weight is 798 g/mol. The first-order valence-electron chi connectivity index (χ1n) is 21.1. The summed E-state index contributed by atoms with van der Waals surface area (Å²) in [7, 11) is 0. The van der Waals surface area contributed by atoms with Crippen molar-refractivity contribution < 1.29 is 24.0 Å². The van der Waals surface area contributed by atoms with Gasteiger partial charge in [0.15, 0.2) is 0 Å². The van der Waals surface area contributed by atoms with Gasteiger partial charge in [0.2, 0.25) is 11.8 Å². The largest absolute Gasteiger partial charge is 0.371 e. The number of amides is 5. The minimum absolute atomic E-state index is 0.0985. The van der Waals surface area contributed by atoms with Crippen molar-refractivity contribution in [2.24, 2.45) is 11.3 Å². The van der Waals surface area contributed by atoms with Crippen molar-refractivity contribution in [3.63, 3.8) is 0 Å². The Labute approximate surface area is 344 Å². The molecule has 59 heavy (non-hydrogen) atoms. The van der Waals surface area contributed by atoms with Crippen LogP contribution in [0.2, 0.25) is 0 Å². The van der Waals surface area contributed by atoms with Gasteiger partial charge in [-0.25, -0.2) is 0 Å². The first-order valence-corrected chi connectivity index (χ1v) is 21.1. The number of aryl methyl sites for hydroxylation is 1. The second-order valence-electron chi connectivity index (χ2n) is 17.4. The SMILES string of the molecule is [C-]#[N+]c1ncc(N2CCC3(CCN(C(=O)c4ccc(N5CCN(CC6CCN(c7ccc8c(c7)C(=O)N(C7CCC(=O)NC7=O)C8=O)CC6)CC5)cc4)CC3)C2)cc1C. The molecule has 306 valence electrons. The number of nitrogens with one attached hydrogen (secondary N) is 1. The highest BCUT2D eigenvalue weighted by Gasteiger charge is 2.45. The summed E-state index contributed by atoms with van der Waals surface area (Å²) < 4.78 is 0. The molecule has 5 saturated heterocycles. The minimum atomic E-state index is -0.964. The Morgan fingerprint density at radius 2 is 1.46 bits per heavy atom. The van der Waals surface area contributed by atoms with E-state index in [1.54, 1.807) is 12.1 Å². The highest BCUT2D eigenvalue weighted by atomic mass is 16.2. The number of fused-ring (bicyclic) bond motifs is 1. The molecule has 9 rings (SSSR count). The number of hydrogen-bond donors (Lipinski definition) is 1. The molecule has 7 heterocycles. The quantitative estimate of drug-likeness (QED) is 0.269. The molecule has 0 bridgehead atoms. The Kier molecular flexibility index (Phi) is 10.3. The number of carbonyl (C=O) groups is 5. The molecule has 2 aromatic carbocycles. The van der Waals surface area contributed by atoms with Gasteiger partial charge in [-0.1, -0.05) is 6.57 Å². The number of imide groups is 2. The van der Waals surface area contributed by atoms with Crippen molar-refractivity contribution in [1.29, 1.82) is 0 Å². The van der Waals surface area contributed by atoms with E-state index in [2.05, 4.69) is 52.9 Å². The van der Waals surface area contributed by atoms with E-state index in [0.717, 1.165) is 137 Å². The van der Waals surface area contributed by atoms with E-state index in [4.69, 9.17) is 6.57 Å². The van der Waals surface area contributed by atoms with E-state index in [9.17, 15) is 24.0 Å². The van der Waals surface area contributed by atoms with Crippen LogP contribution in [-0.4, -0.2) is 127 Å². The van der Waals surface area contributed by atoms with E-state index in [1.165, 1.54) is 0 Å². The Morgan fingerprint density at radius 1 is 0.780 bits per heavy atom. The van der Waals surface area contributed by atoms with E-state index in [-0.39, 0.29) is 30.1 Å². The van der Waals surface area contributed by atoms with Crippen LogP contribution in [0.4, 0.5) is 22.9 Å². The Morgan fingerprint density at radius 3 is 2.15 bits per heavy atom. The zero-order chi connectivity index (χ0) is 40.8. The lowest BCUT2D eigenvalue weighted by molar-refractivity contribution is -0.136. The lowest BCUT2D eigenvalue weighted by atomic mass is 9.77. The summed E-state index contributed by atoms with van der Waals surface area (Å²) in [5, 5.41) is 2.25. The number of likely N-dealkylation sites (tertiary alicyclic amines) is 1. The fourth-order valence-corrected chi connectivity index (χ4v) is 10.2. The van der Waals surface area contributed by atoms with Gasteiger partial charge in [0.25, 0.3) is 23.5 Å². The Balaban J connectivity index is 0.713. The molecule has 6 aliphatic heterocycles. The van der Waals surface area contributed by atoms with Crippen molar-refractivity contribution in [2.45, 2.75) is 57.9 Å². The molecule has 3 aromatic rings. The third-order valence-corrected chi connectivity index (χ3v) is 13.8. The topological polar surface area (TPSA) is 134 Å². The average Bonchev–Trinajstić information content (AvgIpc) is 3.78. The molecular weight excluding hydrogens is 747 g/mol. The molecule has 1 spiro atoms. The maximum absolute atomic E-state index is 13.6. The van der Waals surface area contributed by atoms with Crippen LogP contribution in [0.1, 0.15) is 81.6 Å². The fraction of sp³-hybridized carbons (Fsp3) is 0.489. The van der Waals surface area contributed by atoms with Crippen LogP contribution in [-0.2, 0) is 9.59 Å². The van der Waals surface area contributed by atoms with Crippen LogP contribution in [0.5, 0.6) is 0 Å². The van der Waals surface area contributed by atoms with Gasteiger partial charge in [-0.05, 0) is 111 Å². The molecule has 5 amide bonds. The smallest absolute Gasteiger partial charge is 0.272 e. The second kappa shape index (κ2) is 15.7. The number of hydrogen-bond acceptors (Lipinski definition) is 10. The second-order valence-corrected chi connectivity index (χ2v) is 17.4. The molecule has 6 aliphatic rings. The summed E-state index contributed by atoms with van der Waals surface area (Å²) >= 11 is 0. The van der Waals surface area contributed by atoms with Crippen LogP contribution in [0, 0.1) is 24.8 Å². The normalized spacial score (nSPS) is 22.6. The molecule has 1 aromatic heterocycles. The molecule has 1 unspecified atom stereocenters. The number of carbonyl (C=O) groups excluding carboxylic acids is 5. The van der Waals surface area contributed by atoms with E-state index in [0.29, 0.717) is 22.9 Å². The van der Waals surface area contributed by atoms with Gasteiger partial charge in [-0.15, -0.1) is 4.98 Å². The number of piperidine rings is 3. The number of pyridine rings is 1. The lowest BCUT2D eigenvalue weighted by Crippen LogP contribution is -2.54. The first-order chi connectivity index (χ1) is 28.6. The van der Waals surface area contributed by atoms with Crippen LogP contribution in [0.3, 0.4) is 0 Å². The van der Waals surface area contributed by atoms with Gasteiger partial charge >= 0.3 is 0 Å². The van der Waals surface area contributed by atoms with Crippen molar-refractivity contribution in [3.8, 4) is 0 Å². The predicted octanol–water partition coefficient (Wildman–Crippen LogP) is 4.51. The van der Waals surface area contributed by atoms with Gasteiger partial charge in [-0.3, -0.25) is 39.1 Å². The molecule has 14 nitrogen and oxygen atoms in total. The number of piperazine rings is 1. The number of aromatic nitrogens is 1. The molecule has 5 fully saturated rings. The monoisotopic (exact) mass is 797 g/mol. The number of nitrogens with zero attached hydrogens (tertiary/aromatic N) is 8. The zero-order valence-corrected chi connectivity index (χ0v) is 33.7. The molecule has 1 atom stereocenters. The minimum Gasteiger partial charge on any atom is -0.371 e. The maximum atomic E-state index is 13.6. The summed E-state index contributed by atoms with van der Waals surface area (Å²) in [5.41, 5.74) is 5.66. The third kappa shape index (κ3) is 7.52. The Bertz CT molecular complexity index is 2210. The van der Waals surface area contributed by atoms with Gasteiger partial charge in [0.1, 0.15) is 12.2 Å². The zero-order valence-electron chi connectivity index (χ0n) is 33.7. The number of anilines is 3. The molecular formula is C45H51N9O5.